The van der Waals surface area contributed by atoms with Crippen LogP contribution in [0.1, 0.15) is 42.3 Å². The minimum Gasteiger partial charge on any atom is -0.302 e. The van der Waals surface area contributed by atoms with Crippen molar-refractivity contribution < 1.29 is 4.79 Å². The predicted molar refractivity (Wildman–Crippen MR) is 94.4 cm³/mol. The molecule has 2 aromatic carbocycles. The second-order valence-corrected chi connectivity index (χ2v) is 6.77. The fraction of sp³-hybridized carbons (Fsp3) is 0.381. The van der Waals surface area contributed by atoms with Crippen LogP contribution in [0.2, 0.25) is 0 Å². The number of carbonyl (C=O) groups is 1. The second kappa shape index (κ2) is 7.10. The lowest BCUT2D eigenvalue weighted by molar-refractivity contribution is -0.127. The normalized spacial score (nSPS) is 23.0. The van der Waals surface area contributed by atoms with Gasteiger partial charge in [0.1, 0.15) is 5.78 Å². The number of hydrogen-bond acceptors (Lipinski definition) is 2. The summed E-state index contributed by atoms with van der Waals surface area (Å²) in [5.41, 5.74) is 2.61. The Morgan fingerprint density at radius 3 is 2.17 bits per heavy atom. The zero-order valence-electron chi connectivity index (χ0n) is 14.0. The van der Waals surface area contributed by atoms with Crippen molar-refractivity contribution in [2.75, 3.05) is 14.1 Å². The molecule has 0 spiro atoms. The minimum atomic E-state index is 0.0753. The molecule has 3 rings (SSSR count). The van der Waals surface area contributed by atoms with Crippen LogP contribution < -0.4 is 0 Å². The Morgan fingerprint density at radius 2 is 1.57 bits per heavy atom. The van der Waals surface area contributed by atoms with E-state index in [-0.39, 0.29) is 12.0 Å². The summed E-state index contributed by atoms with van der Waals surface area (Å²) in [7, 11) is 4.16. The van der Waals surface area contributed by atoms with Gasteiger partial charge < -0.3 is 4.90 Å². The standard InChI is InChI=1S/C21H25NO/c1-22(2)21(17-11-7-4-8-12-17)19-15-18(13-14-20(19)23)16-9-5-3-6-10-16/h3-12,18-19,21H,13-15H2,1-2H3. The fourth-order valence-electron chi connectivity index (χ4n) is 3.93. The fourth-order valence-corrected chi connectivity index (χ4v) is 3.93. The smallest absolute Gasteiger partial charge is 0.137 e. The van der Waals surface area contributed by atoms with E-state index in [1.807, 2.05) is 6.07 Å². The van der Waals surface area contributed by atoms with Crippen LogP contribution in [0, 0.1) is 5.92 Å². The van der Waals surface area contributed by atoms with Crippen LogP contribution in [-0.2, 0) is 4.79 Å². The second-order valence-electron chi connectivity index (χ2n) is 6.77. The lowest BCUT2D eigenvalue weighted by atomic mass is 9.72. The predicted octanol–water partition coefficient (Wildman–Crippen LogP) is 4.44. The third-order valence-electron chi connectivity index (χ3n) is 5.04. The molecule has 0 amide bonds. The number of carbonyl (C=O) groups excluding carboxylic acids is 1. The largest absolute Gasteiger partial charge is 0.302 e. The molecular weight excluding hydrogens is 282 g/mol. The van der Waals surface area contributed by atoms with Crippen molar-refractivity contribution in [3.8, 4) is 0 Å². The summed E-state index contributed by atoms with van der Waals surface area (Å²) >= 11 is 0. The molecule has 0 saturated heterocycles. The number of rotatable bonds is 4. The van der Waals surface area contributed by atoms with Crippen LogP contribution in [0.15, 0.2) is 60.7 Å². The zero-order valence-corrected chi connectivity index (χ0v) is 14.0. The Morgan fingerprint density at radius 1 is 0.957 bits per heavy atom. The molecule has 0 radical (unpaired) electrons. The number of benzene rings is 2. The minimum absolute atomic E-state index is 0.0753. The van der Waals surface area contributed by atoms with Crippen molar-refractivity contribution in [1.29, 1.82) is 0 Å². The van der Waals surface area contributed by atoms with Crippen molar-refractivity contribution in [3.05, 3.63) is 71.8 Å². The first-order valence-corrected chi connectivity index (χ1v) is 8.46. The van der Waals surface area contributed by atoms with Crippen LogP contribution in [-0.4, -0.2) is 24.8 Å². The molecule has 3 atom stereocenters. The summed E-state index contributed by atoms with van der Waals surface area (Å²) in [6, 6.07) is 21.3. The van der Waals surface area contributed by atoms with E-state index < -0.39 is 0 Å². The average Bonchev–Trinajstić information content (AvgIpc) is 2.58. The van der Waals surface area contributed by atoms with Gasteiger partial charge in [-0.2, -0.15) is 0 Å². The summed E-state index contributed by atoms with van der Waals surface area (Å²) in [5, 5.41) is 0. The maximum absolute atomic E-state index is 12.7. The van der Waals surface area contributed by atoms with Gasteiger partial charge in [-0.1, -0.05) is 60.7 Å². The molecule has 0 aromatic heterocycles. The number of Topliss-reactive ketones (excluding diaryl/α,β-unsaturated/α-hetero) is 1. The lowest BCUT2D eigenvalue weighted by Gasteiger charge is -2.37. The van der Waals surface area contributed by atoms with Gasteiger partial charge in [0.15, 0.2) is 0 Å². The molecule has 2 aromatic rings. The number of nitrogens with zero attached hydrogens (tertiary/aromatic N) is 1. The Bertz CT molecular complexity index is 635. The van der Waals surface area contributed by atoms with E-state index in [0.29, 0.717) is 18.1 Å². The molecule has 0 N–H and O–H groups in total. The maximum atomic E-state index is 12.7. The third-order valence-corrected chi connectivity index (χ3v) is 5.04. The molecular formula is C21H25NO. The summed E-state index contributed by atoms with van der Waals surface area (Å²) in [6.07, 6.45) is 2.62. The maximum Gasteiger partial charge on any atom is 0.137 e. The molecule has 1 saturated carbocycles. The van der Waals surface area contributed by atoms with Crippen LogP contribution >= 0.6 is 0 Å². The van der Waals surface area contributed by atoms with Gasteiger partial charge >= 0.3 is 0 Å². The van der Waals surface area contributed by atoms with E-state index in [9.17, 15) is 4.79 Å². The average molecular weight is 307 g/mol. The van der Waals surface area contributed by atoms with E-state index >= 15 is 0 Å². The zero-order chi connectivity index (χ0) is 16.2. The number of hydrogen-bond donors (Lipinski definition) is 0. The van der Waals surface area contributed by atoms with E-state index in [2.05, 4.69) is 73.6 Å². The third kappa shape index (κ3) is 3.53. The summed E-state index contributed by atoms with van der Waals surface area (Å²) in [6.45, 7) is 0. The molecule has 0 bridgehead atoms. The van der Waals surface area contributed by atoms with Gasteiger partial charge in [0.25, 0.3) is 0 Å². The van der Waals surface area contributed by atoms with Gasteiger partial charge in [-0.25, -0.2) is 0 Å². The lowest BCUT2D eigenvalue weighted by Crippen LogP contribution is -2.36. The van der Waals surface area contributed by atoms with Gasteiger partial charge in [0.2, 0.25) is 0 Å². The van der Waals surface area contributed by atoms with Crippen molar-refractivity contribution in [3.63, 3.8) is 0 Å². The highest BCUT2D eigenvalue weighted by Gasteiger charge is 2.36. The van der Waals surface area contributed by atoms with Crippen molar-refractivity contribution >= 4 is 5.78 Å². The highest BCUT2D eigenvalue weighted by Crippen LogP contribution is 2.41. The SMILES string of the molecule is CN(C)C(c1ccccc1)C1CC(c2ccccc2)CCC1=O. The van der Waals surface area contributed by atoms with Gasteiger partial charge in [0.05, 0.1) is 0 Å². The van der Waals surface area contributed by atoms with Crippen LogP contribution in [0.5, 0.6) is 0 Å². The molecule has 0 heterocycles. The summed E-state index contributed by atoms with van der Waals surface area (Å²) in [5.74, 6) is 0.983. The molecule has 2 nitrogen and oxygen atoms in total. The topological polar surface area (TPSA) is 20.3 Å². The molecule has 1 fully saturated rings. The summed E-state index contributed by atoms with van der Waals surface area (Å²) < 4.78 is 0. The molecule has 3 unspecified atom stereocenters. The molecule has 1 aliphatic carbocycles. The van der Waals surface area contributed by atoms with E-state index in [4.69, 9.17) is 0 Å². The Kier molecular flexibility index (Phi) is 4.92. The Balaban J connectivity index is 1.87. The van der Waals surface area contributed by atoms with E-state index in [0.717, 1.165) is 12.8 Å². The van der Waals surface area contributed by atoms with Crippen molar-refractivity contribution in [2.24, 2.45) is 5.92 Å². The van der Waals surface area contributed by atoms with Gasteiger partial charge in [-0.3, -0.25) is 4.79 Å². The van der Waals surface area contributed by atoms with E-state index in [1.165, 1.54) is 11.1 Å². The quantitative estimate of drug-likeness (QED) is 0.832. The Labute approximate surface area is 139 Å². The molecule has 23 heavy (non-hydrogen) atoms. The molecule has 2 heteroatoms. The van der Waals surface area contributed by atoms with Gasteiger partial charge in [0, 0.05) is 18.4 Å². The summed E-state index contributed by atoms with van der Waals surface area (Å²) in [4.78, 5) is 14.9. The van der Waals surface area contributed by atoms with E-state index in [1.54, 1.807) is 0 Å². The molecule has 1 aliphatic rings. The first kappa shape index (κ1) is 15.9. The van der Waals surface area contributed by atoms with Crippen molar-refractivity contribution in [1.82, 2.24) is 4.90 Å². The Hall–Kier alpha value is -1.93. The first-order chi connectivity index (χ1) is 11.2. The number of ketones is 1. The molecule has 0 aliphatic heterocycles. The van der Waals surface area contributed by atoms with Gasteiger partial charge in [-0.05, 0) is 44.0 Å². The monoisotopic (exact) mass is 307 g/mol. The van der Waals surface area contributed by atoms with Crippen molar-refractivity contribution in [2.45, 2.75) is 31.2 Å². The molecule has 120 valence electrons. The highest BCUT2D eigenvalue weighted by atomic mass is 16.1. The van der Waals surface area contributed by atoms with Crippen LogP contribution in [0.25, 0.3) is 0 Å². The van der Waals surface area contributed by atoms with Crippen LogP contribution in [0.3, 0.4) is 0 Å². The first-order valence-electron chi connectivity index (χ1n) is 8.46. The highest BCUT2D eigenvalue weighted by molar-refractivity contribution is 5.83. The van der Waals surface area contributed by atoms with Crippen LogP contribution in [0.4, 0.5) is 0 Å². The van der Waals surface area contributed by atoms with Gasteiger partial charge in [-0.15, -0.1) is 0 Å².